The third-order valence-electron chi connectivity index (χ3n) is 7.16. The molecule has 0 aliphatic heterocycles. The molecule has 0 spiro atoms. The minimum atomic E-state index is -3.92. The Hall–Kier alpha value is -3.20. The van der Waals surface area contributed by atoms with Crippen molar-refractivity contribution in [1.29, 1.82) is 0 Å². The normalized spacial score (nSPS) is 19.8. The third kappa shape index (κ3) is 7.19. The molecule has 4 rings (SSSR count). The molecule has 0 unspecified atom stereocenters. The van der Waals surface area contributed by atoms with Gasteiger partial charge in [-0.2, -0.15) is 13.1 Å². The summed E-state index contributed by atoms with van der Waals surface area (Å²) < 4.78 is 34.7. The second-order valence-electron chi connectivity index (χ2n) is 9.71. The average Bonchev–Trinajstić information content (AvgIpc) is 2.91. The molecular weight excluding hydrogens is 486 g/mol. The van der Waals surface area contributed by atoms with Crippen LogP contribution in [0.2, 0.25) is 0 Å². The van der Waals surface area contributed by atoms with Gasteiger partial charge in [0.1, 0.15) is 5.75 Å². The van der Waals surface area contributed by atoms with Crippen LogP contribution in [0.25, 0.3) is 11.1 Å². The van der Waals surface area contributed by atoms with E-state index in [4.69, 9.17) is 4.74 Å². The number of hydrogen-bond acceptors (Lipinski definition) is 5. The molecule has 0 saturated heterocycles. The van der Waals surface area contributed by atoms with Gasteiger partial charge in [-0.1, -0.05) is 66.7 Å². The van der Waals surface area contributed by atoms with E-state index in [1.54, 1.807) is 7.11 Å². The molecule has 0 radical (unpaired) electrons. The van der Waals surface area contributed by atoms with E-state index in [-0.39, 0.29) is 6.54 Å². The molecule has 3 aromatic rings. The second-order valence-corrected chi connectivity index (χ2v) is 11.2. The molecule has 0 bridgehead atoms. The fourth-order valence-electron chi connectivity index (χ4n) is 5.06. The van der Waals surface area contributed by atoms with Crippen molar-refractivity contribution < 1.29 is 17.9 Å². The van der Waals surface area contributed by atoms with Crippen LogP contribution in [0, 0.1) is 0 Å². The number of carbonyl (C=O) groups excluding carboxylic acids is 1. The third-order valence-corrected chi connectivity index (χ3v) is 8.24. The maximum absolute atomic E-state index is 12.3. The molecule has 0 aromatic heterocycles. The highest BCUT2D eigenvalue weighted by molar-refractivity contribution is 7.88. The zero-order chi connectivity index (χ0) is 26.3. The smallest absolute Gasteiger partial charge is 0.301 e. The zero-order valence-corrected chi connectivity index (χ0v) is 22.2. The van der Waals surface area contributed by atoms with Crippen LogP contribution in [0.5, 0.6) is 5.75 Å². The standard InChI is InChI=1S/C29H35N3O4S/c1-22(33)32-37(34,35)31-21-29(26-9-6-10-28(19-26)36-2)17-15-27(16-18-29)30-20-23-11-13-25(14-12-23)24-7-4-3-5-8-24/h3-14,19,27,30-31H,15-18,20-21H2,1-2H3,(H,32,33). The van der Waals surface area contributed by atoms with E-state index in [0.717, 1.165) is 43.5 Å². The number of nitrogens with one attached hydrogen (secondary N) is 3. The summed E-state index contributed by atoms with van der Waals surface area (Å²) in [6.07, 6.45) is 3.41. The first-order chi connectivity index (χ1) is 17.8. The number of carbonyl (C=O) groups is 1. The van der Waals surface area contributed by atoms with Gasteiger partial charge in [0.15, 0.2) is 0 Å². The van der Waals surface area contributed by atoms with Gasteiger partial charge in [-0.25, -0.2) is 4.72 Å². The Balaban J connectivity index is 1.40. The lowest BCUT2D eigenvalue weighted by Gasteiger charge is -2.41. The lowest BCUT2D eigenvalue weighted by Crippen LogP contribution is -2.49. The van der Waals surface area contributed by atoms with Crippen molar-refractivity contribution >= 4 is 16.1 Å². The highest BCUT2D eigenvalue weighted by Gasteiger charge is 2.38. The van der Waals surface area contributed by atoms with Gasteiger partial charge in [0.25, 0.3) is 0 Å². The number of rotatable bonds is 10. The maximum Gasteiger partial charge on any atom is 0.301 e. The minimum Gasteiger partial charge on any atom is -0.497 e. The van der Waals surface area contributed by atoms with Crippen LogP contribution >= 0.6 is 0 Å². The lowest BCUT2D eigenvalue weighted by atomic mass is 9.68. The monoisotopic (exact) mass is 521 g/mol. The van der Waals surface area contributed by atoms with Crippen molar-refractivity contribution in [2.45, 2.75) is 50.6 Å². The second kappa shape index (κ2) is 11.9. The van der Waals surface area contributed by atoms with Crippen molar-refractivity contribution in [3.63, 3.8) is 0 Å². The summed E-state index contributed by atoms with van der Waals surface area (Å²) in [5.74, 6) is 0.119. The van der Waals surface area contributed by atoms with E-state index < -0.39 is 21.5 Å². The predicted octanol–water partition coefficient (Wildman–Crippen LogP) is 4.30. The predicted molar refractivity (Wildman–Crippen MR) is 146 cm³/mol. The van der Waals surface area contributed by atoms with Crippen molar-refractivity contribution in [2.75, 3.05) is 13.7 Å². The van der Waals surface area contributed by atoms with Crippen LogP contribution in [-0.4, -0.2) is 34.0 Å². The van der Waals surface area contributed by atoms with Crippen LogP contribution in [0.1, 0.15) is 43.7 Å². The van der Waals surface area contributed by atoms with Gasteiger partial charge >= 0.3 is 10.2 Å². The van der Waals surface area contributed by atoms with Crippen LogP contribution in [0.15, 0.2) is 78.9 Å². The lowest BCUT2D eigenvalue weighted by molar-refractivity contribution is -0.117. The summed E-state index contributed by atoms with van der Waals surface area (Å²) in [5, 5.41) is 3.69. The topological polar surface area (TPSA) is 96.5 Å². The maximum atomic E-state index is 12.3. The number of hydrogen-bond donors (Lipinski definition) is 3. The molecule has 3 N–H and O–H groups in total. The van der Waals surface area contributed by atoms with Crippen LogP contribution in [0.4, 0.5) is 0 Å². The van der Waals surface area contributed by atoms with Gasteiger partial charge in [0.05, 0.1) is 7.11 Å². The summed E-state index contributed by atoms with van der Waals surface area (Å²) >= 11 is 0. The van der Waals surface area contributed by atoms with Crippen LogP contribution in [-0.2, 0) is 27.0 Å². The summed E-state index contributed by atoms with van der Waals surface area (Å²) in [4.78, 5) is 11.3. The fraction of sp³-hybridized carbons (Fsp3) is 0.345. The van der Waals surface area contributed by atoms with Crippen LogP contribution < -0.4 is 19.5 Å². The van der Waals surface area contributed by atoms with Gasteiger partial charge in [-0.05, 0) is 60.1 Å². The molecule has 1 fully saturated rings. The Morgan fingerprint density at radius 1 is 0.946 bits per heavy atom. The molecule has 37 heavy (non-hydrogen) atoms. The summed E-state index contributed by atoms with van der Waals surface area (Å²) in [6.45, 7) is 2.17. The zero-order valence-electron chi connectivity index (χ0n) is 21.4. The Labute approximate surface area is 219 Å². The largest absolute Gasteiger partial charge is 0.497 e. The van der Waals surface area contributed by atoms with E-state index in [0.29, 0.717) is 6.04 Å². The van der Waals surface area contributed by atoms with Gasteiger partial charge in [0, 0.05) is 31.5 Å². The molecule has 196 valence electrons. The molecule has 8 heteroatoms. The summed E-state index contributed by atoms with van der Waals surface area (Å²) in [7, 11) is -2.30. The Bertz CT molecular complexity index is 1290. The number of ether oxygens (including phenoxy) is 1. The van der Waals surface area contributed by atoms with Gasteiger partial charge in [0.2, 0.25) is 5.91 Å². The molecule has 1 saturated carbocycles. The van der Waals surface area contributed by atoms with Crippen molar-refractivity contribution in [1.82, 2.24) is 14.8 Å². The van der Waals surface area contributed by atoms with Gasteiger partial charge in [-0.15, -0.1) is 0 Å². The molecule has 7 nitrogen and oxygen atoms in total. The minimum absolute atomic E-state index is 0.205. The van der Waals surface area contributed by atoms with Crippen molar-refractivity contribution in [3.05, 3.63) is 90.0 Å². The van der Waals surface area contributed by atoms with E-state index in [1.165, 1.54) is 23.6 Å². The molecular formula is C29H35N3O4S. The number of benzene rings is 3. The SMILES string of the molecule is COc1cccc(C2(CNS(=O)(=O)NC(C)=O)CCC(NCc3ccc(-c4ccccc4)cc3)CC2)c1. The quantitative estimate of drug-likeness (QED) is 0.370. The Morgan fingerprint density at radius 3 is 2.27 bits per heavy atom. The Kier molecular flexibility index (Phi) is 8.63. The Morgan fingerprint density at radius 2 is 1.62 bits per heavy atom. The van der Waals surface area contributed by atoms with Gasteiger partial charge < -0.3 is 10.1 Å². The molecule has 3 aromatic carbocycles. The number of amides is 1. The van der Waals surface area contributed by atoms with E-state index >= 15 is 0 Å². The van der Waals surface area contributed by atoms with Crippen molar-refractivity contribution in [3.8, 4) is 16.9 Å². The van der Waals surface area contributed by atoms with Gasteiger partial charge in [-0.3, -0.25) is 4.79 Å². The first kappa shape index (κ1) is 26.9. The fourth-order valence-corrected chi connectivity index (χ4v) is 5.98. The molecule has 1 aliphatic rings. The first-order valence-corrected chi connectivity index (χ1v) is 14.1. The molecule has 0 atom stereocenters. The van der Waals surface area contributed by atoms with E-state index in [2.05, 4.69) is 46.4 Å². The highest BCUT2D eigenvalue weighted by atomic mass is 32.2. The summed E-state index contributed by atoms with van der Waals surface area (Å²) in [5.41, 5.74) is 4.28. The molecule has 1 amide bonds. The molecule has 0 heterocycles. The first-order valence-electron chi connectivity index (χ1n) is 12.6. The number of methoxy groups -OCH3 is 1. The van der Waals surface area contributed by atoms with Crippen LogP contribution in [0.3, 0.4) is 0 Å². The summed E-state index contributed by atoms with van der Waals surface area (Å²) in [6, 6.07) is 27.1. The molecule has 1 aliphatic carbocycles. The van der Waals surface area contributed by atoms with Crippen molar-refractivity contribution in [2.24, 2.45) is 0 Å². The average molecular weight is 522 g/mol. The van der Waals surface area contributed by atoms with E-state index in [9.17, 15) is 13.2 Å². The highest BCUT2D eigenvalue weighted by Crippen LogP contribution is 2.40. The van der Waals surface area contributed by atoms with E-state index in [1.807, 2.05) is 47.2 Å².